The van der Waals surface area contributed by atoms with Crippen molar-refractivity contribution in [2.45, 2.75) is 50.2 Å². The molecule has 0 bridgehead atoms. The van der Waals surface area contributed by atoms with E-state index in [1.165, 1.54) is 19.3 Å². The van der Waals surface area contributed by atoms with Crippen LogP contribution in [0.2, 0.25) is 0 Å². The van der Waals surface area contributed by atoms with E-state index in [2.05, 4.69) is 20.2 Å². The first kappa shape index (κ1) is 11.7. The van der Waals surface area contributed by atoms with Crippen LogP contribution in [0.15, 0.2) is 18.7 Å². The Bertz CT molecular complexity index is 399. The Hall–Kier alpha value is -1.36. The fraction of sp³-hybridized carbons (Fsp3) is 0.692. The first-order valence-electron chi connectivity index (χ1n) is 6.83. The number of carbonyl (C=O) groups is 1. The topological polar surface area (TPSA) is 59.0 Å². The zero-order valence-electron chi connectivity index (χ0n) is 10.5. The van der Waals surface area contributed by atoms with Crippen LogP contribution < -0.4 is 10.6 Å². The van der Waals surface area contributed by atoms with Gasteiger partial charge in [-0.1, -0.05) is 0 Å². The SMILES string of the molecule is O=C(CNC1CC1)NC1CCCC1n1ccnc1. The number of carbonyl (C=O) groups excluding carboxylic acids is 1. The van der Waals surface area contributed by atoms with E-state index < -0.39 is 0 Å². The monoisotopic (exact) mass is 248 g/mol. The second kappa shape index (κ2) is 5.10. The molecule has 2 N–H and O–H groups in total. The lowest BCUT2D eigenvalue weighted by Crippen LogP contribution is -2.42. The summed E-state index contributed by atoms with van der Waals surface area (Å²) >= 11 is 0. The Morgan fingerprint density at radius 2 is 2.22 bits per heavy atom. The van der Waals surface area contributed by atoms with Crippen molar-refractivity contribution in [3.63, 3.8) is 0 Å². The van der Waals surface area contributed by atoms with E-state index in [1.54, 1.807) is 6.20 Å². The van der Waals surface area contributed by atoms with Gasteiger partial charge in [0.05, 0.1) is 18.9 Å². The molecule has 1 aromatic rings. The Labute approximate surface area is 107 Å². The number of aromatic nitrogens is 2. The average molecular weight is 248 g/mol. The molecule has 2 atom stereocenters. The van der Waals surface area contributed by atoms with Crippen molar-refractivity contribution in [3.05, 3.63) is 18.7 Å². The molecule has 0 aliphatic heterocycles. The average Bonchev–Trinajstić information content (AvgIpc) is 2.85. The molecule has 5 nitrogen and oxygen atoms in total. The van der Waals surface area contributed by atoms with Gasteiger partial charge in [-0.15, -0.1) is 0 Å². The molecule has 0 spiro atoms. The first-order chi connectivity index (χ1) is 8.83. The van der Waals surface area contributed by atoms with Crippen LogP contribution in [0.5, 0.6) is 0 Å². The summed E-state index contributed by atoms with van der Waals surface area (Å²) in [7, 11) is 0. The lowest BCUT2D eigenvalue weighted by Gasteiger charge is -2.22. The molecule has 3 rings (SSSR count). The van der Waals surface area contributed by atoms with Crippen LogP contribution in [-0.2, 0) is 4.79 Å². The maximum Gasteiger partial charge on any atom is 0.234 e. The van der Waals surface area contributed by atoms with Crippen LogP contribution in [-0.4, -0.2) is 34.1 Å². The highest BCUT2D eigenvalue weighted by atomic mass is 16.2. The minimum absolute atomic E-state index is 0.124. The highest BCUT2D eigenvalue weighted by Crippen LogP contribution is 2.29. The van der Waals surface area contributed by atoms with Crippen LogP contribution in [0.3, 0.4) is 0 Å². The molecule has 18 heavy (non-hydrogen) atoms. The van der Waals surface area contributed by atoms with Crippen molar-refractivity contribution in [2.24, 2.45) is 0 Å². The molecule has 0 aromatic carbocycles. The third-order valence-corrected chi connectivity index (χ3v) is 3.86. The molecule has 5 heteroatoms. The van der Waals surface area contributed by atoms with E-state index in [4.69, 9.17) is 0 Å². The largest absolute Gasteiger partial charge is 0.350 e. The zero-order valence-corrected chi connectivity index (χ0v) is 10.5. The summed E-state index contributed by atoms with van der Waals surface area (Å²) in [5, 5.41) is 6.40. The van der Waals surface area contributed by atoms with Crippen molar-refractivity contribution in [1.82, 2.24) is 20.2 Å². The summed E-state index contributed by atoms with van der Waals surface area (Å²) in [5.74, 6) is 0.124. The quantitative estimate of drug-likeness (QED) is 0.812. The van der Waals surface area contributed by atoms with Crippen molar-refractivity contribution in [1.29, 1.82) is 0 Å². The maximum atomic E-state index is 11.8. The third-order valence-electron chi connectivity index (χ3n) is 3.86. The van der Waals surface area contributed by atoms with Gasteiger partial charge in [-0.2, -0.15) is 0 Å². The van der Waals surface area contributed by atoms with Gasteiger partial charge in [0.2, 0.25) is 5.91 Å². The first-order valence-corrected chi connectivity index (χ1v) is 6.83. The molecule has 2 fully saturated rings. The molecule has 1 heterocycles. The summed E-state index contributed by atoms with van der Waals surface area (Å²) in [6, 6.07) is 1.22. The Kier molecular flexibility index (Phi) is 3.32. The maximum absolute atomic E-state index is 11.8. The molecular weight excluding hydrogens is 228 g/mol. The highest BCUT2D eigenvalue weighted by Gasteiger charge is 2.30. The van der Waals surface area contributed by atoms with Gasteiger partial charge in [-0.3, -0.25) is 4.79 Å². The molecular formula is C13H20N4O. The van der Waals surface area contributed by atoms with E-state index in [9.17, 15) is 4.79 Å². The summed E-state index contributed by atoms with van der Waals surface area (Å²) in [6.45, 7) is 0.456. The fourth-order valence-corrected chi connectivity index (χ4v) is 2.71. The molecule has 0 saturated heterocycles. The number of rotatable bonds is 5. The standard InChI is InChI=1S/C13H20N4O/c18-13(8-15-10-4-5-10)16-11-2-1-3-12(11)17-7-6-14-9-17/h6-7,9-12,15H,1-5,8H2,(H,16,18). The summed E-state index contributed by atoms with van der Waals surface area (Å²) in [6.07, 6.45) is 11.4. The van der Waals surface area contributed by atoms with E-state index in [0.29, 0.717) is 18.6 Å². The summed E-state index contributed by atoms with van der Waals surface area (Å²) < 4.78 is 2.12. The summed E-state index contributed by atoms with van der Waals surface area (Å²) in [5.41, 5.74) is 0. The normalized spacial score (nSPS) is 27.3. The number of nitrogens with zero attached hydrogens (tertiary/aromatic N) is 2. The molecule has 1 aromatic heterocycles. The molecule has 98 valence electrons. The van der Waals surface area contributed by atoms with E-state index in [-0.39, 0.29) is 11.9 Å². The van der Waals surface area contributed by atoms with Gasteiger partial charge >= 0.3 is 0 Å². The van der Waals surface area contributed by atoms with Crippen molar-refractivity contribution in [3.8, 4) is 0 Å². The number of hydrogen-bond acceptors (Lipinski definition) is 3. The van der Waals surface area contributed by atoms with Gasteiger partial charge in [-0.05, 0) is 32.1 Å². The minimum Gasteiger partial charge on any atom is -0.350 e. The van der Waals surface area contributed by atoms with Crippen LogP contribution in [0.25, 0.3) is 0 Å². The lowest BCUT2D eigenvalue weighted by atomic mass is 10.1. The van der Waals surface area contributed by atoms with Gasteiger partial charge in [0, 0.05) is 24.5 Å². The van der Waals surface area contributed by atoms with Crippen LogP contribution in [0.1, 0.15) is 38.1 Å². The summed E-state index contributed by atoms with van der Waals surface area (Å²) in [4.78, 5) is 15.9. The number of nitrogens with one attached hydrogen (secondary N) is 2. The fourth-order valence-electron chi connectivity index (χ4n) is 2.71. The van der Waals surface area contributed by atoms with Crippen LogP contribution >= 0.6 is 0 Å². The smallest absolute Gasteiger partial charge is 0.234 e. The molecule has 0 radical (unpaired) electrons. The molecule has 2 aliphatic carbocycles. The predicted molar refractivity (Wildman–Crippen MR) is 68.1 cm³/mol. The highest BCUT2D eigenvalue weighted by molar-refractivity contribution is 5.78. The van der Waals surface area contributed by atoms with E-state index in [0.717, 1.165) is 12.8 Å². The molecule has 2 aliphatic rings. The Morgan fingerprint density at radius 3 is 2.94 bits per heavy atom. The van der Waals surface area contributed by atoms with Crippen molar-refractivity contribution >= 4 is 5.91 Å². The van der Waals surface area contributed by atoms with E-state index >= 15 is 0 Å². The molecule has 2 unspecified atom stereocenters. The van der Waals surface area contributed by atoms with Crippen LogP contribution in [0, 0.1) is 0 Å². The third kappa shape index (κ3) is 2.72. The second-order valence-corrected chi connectivity index (χ2v) is 5.34. The van der Waals surface area contributed by atoms with Crippen LogP contribution in [0.4, 0.5) is 0 Å². The van der Waals surface area contributed by atoms with E-state index in [1.807, 2.05) is 12.5 Å². The van der Waals surface area contributed by atoms with Crippen molar-refractivity contribution < 1.29 is 4.79 Å². The van der Waals surface area contributed by atoms with Gasteiger partial charge in [0.25, 0.3) is 0 Å². The number of hydrogen-bond donors (Lipinski definition) is 2. The van der Waals surface area contributed by atoms with Gasteiger partial charge in [0.1, 0.15) is 0 Å². The number of imidazole rings is 1. The Morgan fingerprint density at radius 1 is 1.33 bits per heavy atom. The van der Waals surface area contributed by atoms with Gasteiger partial charge in [0.15, 0.2) is 0 Å². The number of amides is 1. The van der Waals surface area contributed by atoms with Gasteiger partial charge < -0.3 is 15.2 Å². The lowest BCUT2D eigenvalue weighted by molar-refractivity contribution is -0.121. The Balaban J connectivity index is 1.52. The van der Waals surface area contributed by atoms with Crippen molar-refractivity contribution in [2.75, 3.05) is 6.54 Å². The van der Waals surface area contributed by atoms with Gasteiger partial charge in [-0.25, -0.2) is 4.98 Å². The predicted octanol–water partition coefficient (Wildman–Crippen LogP) is 0.845. The molecule has 2 saturated carbocycles. The minimum atomic E-state index is 0.124. The second-order valence-electron chi connectivity index (χ2n) is 5.34. The molecule has 1 amide bonds. The zero-order chi connectivity index (χ0) is 12.4.